The number of nitrogens with zero attached hydrogens (tertiary/aromatic N) is 4. The van der Waals surface area contributed by atoms with Gasteiger partial charge in [0, 0.05) is 18.7 Å². The molecule has 1 aromatic heterocycles. The van der Waals surface area contributed by atoms with Gasteiger partial charge >= 0.3 is 0 Å². The van der Waals surface area contributed by atoms with Crippen LogP contribution >= 0.6 is 58.9 Å². The third kappa shape index (κ3) is 7.39. The van der Waals surface area contributed by atoms with Gasteiger partial charge < -0.3 is 14.6 Å². The maximum Gasteiger partial charge on any atom is 0.285 e. The third-order valence-electron chi connectivity index (χ3n) is 6.47. The number of para-hydroxylation sites is 2. The fraction of sp³-hybridized carbons (Fsp3) is 0.167. The molecule has 2 amide bonds. The lowest BCUT2D eigenvalue weighted by molar-refractivity contribution is -0.131. The van der Waals surface area contributed by atoms with Gasteiger partial charge in [-0.15, -0.1) is 10.2 Å². The van der Waals surface area contributed by atoms with E-state index in [1.807, 2.05) is 47.9 Å². The summed E-state index contributed by atoms with van der Waals surface area (Å²) >= 11 is 20.5. The number of ether oxygens (including phenoxy) is 1. The Bertz CT molecular complexity index is 1730. The summed E-state index contributed by atoms with van der Waals surface area (Å²) in [5, 5.41) is 14.8. The van der Waals surface area contributed by atoms with E-state index in [1.165, 1.54) is 11.8 Å². The second-order valence-electron chi connectivity index (χ2n) is 9.31. The van der Waals surface area contributed by atoms with Crippen LogP contribution in [0.25, 0.3) is 6.08 Å². The lowest BCUT2D eigenvalue weighted by Gasteiger charge is -2.16. The van der Waals surface area contributed by atoms with Crippen molar-refractivity contribution in [2.24, 2.45) is 0 Å². The monoisotopic (exact) mass is 684 g/mol. The first-order chi connectivity index (χ1) is 21.3. The van der Waals surface area contributed by atoms with E-state index in [1.54, 1.807) is 43.5 Å². The van der Waals surface area contributed by atoms with Crippen molar-refractivity contribution in [1.29, 1.82) is 0 Å². The quantitative estimate of drug-likeness (QED) is 0.0985. The smallest absolute Gasteiger partial charge is 0.285 e. The minimum absolute atomic E-state index is 0.00979. The second kappa shape index (κ2) is 14.5. The van der Waals surface area contributed by atoms with Gasteiger partial charge in [-0.05, 0) is 66.7 Å². The van der Waals surface area contributed by atoms with Crippen molar-refractivity contribution < 1.29 is 14.3 Å². The molecule has 0 saturated carbocycles. The van der Waals surface area contributed by atoms with Gasteiger partial charge in [0.1, 0.15) is 11.6 Å². The van der Waals surface area contributed by atoms with Gasteiger partial charge in [-0.2, -0.15) is 5.01 Å². The van der Waals surface area contributed by atoms with Crippen LogP contribution in [-0.2, 0) is 22.6 Å². The molecule has 0 spiro atoms. The predicted octanol–water partition coefficient (Wildman–Crippen LogP) is 6.97. The number of rotatable bonds is 11. The molecule has 226 valence electrons. The molecular weight excluding hydrogens is 659 g/mol. The van der Waals surface area contributed by atoms with Gasteiger partial charge in [-0.1, -0.05) is 83.1 Å². The summed E-state index contributed by atoms with van der Waals surface area (Å²) in [6, 6.07) is 20.4. The van der Waals surface area contributed by atoms with E-state index < -0.39 is 11.8 Å². The highest BCUT2D eigenvalue weighted by atomic mass is 35.5. The van der Waals surface area contributed by atoms with E-state index in [4.69, 9.17) is 40.2 Å². The van der Waals surface area contributed by atoms with Crippen molar-refractivity contribution >= 4 is 92.5 Å². The number of anilines is 2. The number of carbonyl (C=O) groups excluding carboxylic acids is 2. The molecule has 1 saturated heterocycles. The SMILES string of the molecule is CCn1c(Cc2ccccc2Nc2c(Cl)cccc2Cl)nnc1SCC(=O)NN1C(=O)/C(=C/c2ccc(OC)cc2)SC1=S. The van der Waals surface area contributed by atoms with Crippen LogP contribution in [0.3, 0.4) is 0 Å². The van der Waals surface area contributed by atoms with Crippen molar-refractivity contribution in [3.8, 4) is 5.75 Å². The van der Waals surface area contributed by atoms with Crippen LogP contribution in [0.2, 0.25) is 10.0 Å². The fourth-order valence-electron chi connectivity index (χ4n) is 4.30. The lowest BCUT2D eigenvalue weighted by atomic mass is 10.1. The second-order valence-corrected chi connectivity index (χ2v) is 12.7. The molecule has 0 bridgehead atoms. The van der Waals surface area contributed by atoms with E-state index in [2.05, 4.69) is 20.9 Å². The molecule has 2 N–H and O–H groups in total. The zero-order valence-corrected chi connectivity index (χ0v) is 27.5. The average molecular weight is 686 g/mol. The first-order valence-corrected chi connectivity index (χ1v) is 16.3. The predicted molar refractivity (Wildman–Crippen MR) is 182 cm³/mol. The highest BCUT2D eigenvalue weighted by Crippen LogP contribution is 2.34. The van der Waals surface area contributed by atoms with Crippen molar-refractivity contribution in [3.05, 3.63) is 98.6 Å². The Morgan fingerprint density at radius 3 is 2.50 bits per heavy atom. The van der Waals surface area contributed by atoms with E-state index in [0.717, 1.165) is 39.4 Å². The van der Waals surface area contributed by atoms with Gasteiger partial charge in [0.2, 0.25) is 5.91 Å². The number of hydrogen-bond acceptors (Lipinski definition) is 9. The Morgan fingerprint density at radius 2 is 1.80 bits per heavy atom. The first-order valence-electron chi connectivity index (χ1n) is 13.3. The fourth-order valence-corrected chi connectivity index (χ4v) is 6.78. The third-order valence-corrected chi connectivity index (χ3v) is 9.37. The Hall–Kier alpha value is -3.55. The summed E-state index contributed by atoms with van der Waals surface area (Å²) in [5.41, 5.74) is 5.87. The minimum Gasteiger partial charge on any atom is -0.497 e. The van der Waals surface area contributed by atoms with Crippen molar-refractivity contribution in [2.75, 3.05) is 18.2 Å². The molecule has 0 atom stereocenters. The maximum absolute atomic E-state index is 13.0. The number of carbonyl (C=O) groups is 2. The van der Waals surface area contributed by atoms with E-state index in [0.29, 0.717) is 44.5 Å². The van der Waals surface area contributed by atoms with Gasteiger partial charge in [-0.3, -0.25) is 15.0 Å². The zero-order chi connectivity index (χ0) is 31.2. The van der Waals surface area contributed by atoms with Crippen LogP contribution in [0.1, 0.15) is 23.9 Å². The number of thioether (sulfide) groups is 2. The van der Waals surface area contributed by atoms with Crippen LogP contribution in [0.5, 0.6) is 5.75 Å². The summed E-state index contributed by atoms with van der Waals surface area (Å²) in [6.07, 6.45) is 2.21. The number of hydrogen-bond donors (Lipinski definition) is 2. The van der Waals surface area contributed by atoms with Gasteiger partial charge in [0.05, 0.1) is 33.5 Å². The van der Waals surface area contributed by atoms with E-state index in [-0.39, 0.29) is 10.1 Å². The molecule has 9 nitrogen and oxygen atoms in total. The van der Waals surface area contributed by atoms with Crippen LogP contribution < -0.4 is 15.5 Å². The van der Waals surface area contributed by atoms with Crippen LogP contribution in [0.4, 0.5) is 11.4 Å². The molecule has 4 aromatic rings. The molecule has 1 aliphatic heterocycles. The molecule has 1 fully saturated rings. The van der Waals surface area contributed by atoms with E-state index >= 15 is 0 Å². The molecule has 14 heteroatoms. The van der Waals surface area contributed by atoms with Gasteiger partial charge in [0.15, 0.2) is 9.48 Å². The van der Waals surface area contributed by atoms with Gasteiger partial charge in [0.25, 0.3) is 5.91 Å². The molecule has 3 aromatic carbocycles. The van der Waals surface area contributed by atoms with Crippen molar-refractivity contribution in [3.63, 3.8) is 0 Å². The molecule has 0 radical (unpaired) electrons. The minimum atomic E-state index is -0.393. The first kappa shape index (κ1) is 31.9. The molecule has 44 heavy (non-hydrogen) atoms. The molecule has 0 aliphatic carbocycles. The number of thiocarbonyl (C=S) groups is 1. The molecule has 0 unspecified atom stereocenters. The Labute approximate surface area is 278 Å². The molecule has 2 heterocycles. The van der Waals surface area contributed by atoms with Crippen LogP contribution in [-0.4, -0.2) is 48.8 Å². The Kier molecular flexibility index (Phi) is 10.5. The summed E-state index contributed by atoms with van der Waals surface area (Å²) in [5.74, 6) is 0.672. The van der Waals surface area contributed by atoms with Crippen molar-refractivity contribution in [2.45, 2.75) is 25.0 Å². The molecule has 1 aliphatic rings. The standard InChI is InChI=1S/C30H26Cl2N6O3S3/c1-3-37-25(16-19-7-4-5-10-23(19)33-27-21(31)8-6-9-22(27)32)34-35-29(37)43-17-26(39)36-38-28(40)24(44-30(38)42)15-18-11-13-20(41-2)14-12-18/h4-15,33H,3,16-17H2,1-2H3,(H,36,39)/b24-15-. The topological polar surface area (TPSA) is 101 Å². The van der Waals surface area contributed by atoms with Crippen LogP contribution in [0.15, 0.2) is 76.8 Å². The largest absolute Gasteiger partial charge is 0.497 e. The summed E-state index contributed by atoms with van der Waals surface area (Å²) < 4.78 is 7.38. The normalized spacial score (nSPS) is 13.9. The molecule has 5 rings (SSSR count). The summed E-state index contributed by atoms with van der Waals surface area (Å²) in [7, 11) is 1.59. The lowest BCUT2D eigenvalue weighted by Crippen LogP contribution is -2.45. The summed E-state index contributed by atoms with van der Waals surface area (Å²) in [4.78, 5) is 26.2. The zero-order valence-electron chi connectivity index (χ0n) is 23.5. The highest BCUT2D eigenvalue weighted by Gasteiger charge is 2.33. The Balaban J connectivity index is 1.22. The molecular formula is C30H26Cl2N6O3S3. The number of hydrazine groups is 1. The number of amides is 2. The summed E-state index contributed by atoms with van der Waals surface area (Å²) in [6.45, 7) is 2.59. The highest BCUT2D eigenvalue weighted by molar-refractivity contribution is 8.26. The van der Waals surface area contributed by atoms with Gasteiger partial charge in [-0.25, -0.2) is 0 Å². The van der Waals surface area contributed by atoms with E-state index in [9.17, 15) is 9.59 Å². The number of aromatic nitrogens is 3. The number of halogens is 2. The number of nitrogens with one attached hydrogen (secondary N) is 2. The maximum atomic E-state index is 13.0. The van der Waals surface area contributed by atoms with Crippen molar-refractivity contribution in [1.82, 2.24) is 25.2 Å². The number of benzene rings is 3. The Morgan fingerprint density at radius 1 is 1.07 bits per heavy atom. The number of methoxy groups -OCH3 is 1. The van der Waals surface area contributed by atoms with Crippen LogP contribution in [0, 0.1) is 0 Å². The average Bonchev–Trinajstić information content (AvgIpc) is 3.53.